The monoisotopic (exact) mass is 564 g/mol. The highest BCUT2D eigenvalue weighted by molar-refractivity contribution is 6.11. The molecule has 2 saturated heterocycles. The molecule has 3 N–H and O–H groups in total. The summed E-state index contributed by atoms with van der Waals surface area (Å²) in [6.07, 6.45) is 24.7. The third kappa shape index (κ3) is 4.13. The molecule has 5 aliphatic rings. The molecule has 3 aromatic rings. The number of aromatic hydroxyl groups is 1. The Hall–Kier alpha value is -2.93. The summed E-state index contributed by atoms with van der Waals surface area (Å²) in [6.45, 7) is 4.33. The summed E-state index contributed by atoms with van der Waals surface area (Å²) < 4.78 is 0. The van der Waals surface area contributed by atoms with Crippen molar-refractivity contribution in [2.75, 3.05) is 26.2 Å². The molecule has 0 radical (unpaired) electrons. The summed E-state index contributed by atoms with van der Waals surface area (Å²) >= 11 is 0. The van der Waals surface area contributed by atoms with Crippen LogP contribution >= 0.6 is 0 Å². The fraction of sp³-hybridized carbons (Fsp3) is 0.528. The van der Waals surface area contributed by atoms with Crippen LogP contribution in [0.1, 0.15) is 69.9 Å². The van der Waals surface area contributed by atoms with Crippen molar-refractivity contribution in [3.8, 4) is 5.75 Å². The van der Waals surface area contributed by atoms with Crippen molar-refractivity contribution in [3.63, 3.8) is 0 Å². The number of phenols is 1. The van der Waals surface area contributed by atoms with E-state index in [9.17, 15) is 10.2 Å². The van der Waals surface area contributed by atoms with E-state index < -0.39 is 5.60 Å². The minimum atomic E-state index is -0.951. The van der Waals surface area contributed by atoms with Crippen molar-refractivity contribution in [1.29, 1.82) is 0 Å². The Bertz CT molecular complexity index is 1590. The first-order valence-corrected chi connectivity index (χ1v) is 16.4. The Balaban J connectivity index is 1.35. The first-order valence-electron chi connectivity index (χ1n) is 16.4. The fourth-order valence-corrected chi connectivity index (χ4v) is 9.64. The topological polar surface area (TPSA) is 75.6 Å². The molecule has 4 aliphatic heterocycles. The van der Waals surface area contributed by atoms with Gasteiger partial charge in [0.15, 0.2) is 0 Å². The predicted molar refractivity (Wildman–Crippen MR) is 169 cm³/mol. The van der Waals surface area contributed by atoms with Crippen molar-refractivity contribution in [3.05, 3.63) is 66.5 Å². The number of aromatic amines is 1. The van der Waals surface area contributed by atoms with Crippen molar-refractivity contribution in [1.82, 2.24) is 19.8 Å². The van der Waals surface area contributed by atoms with E-state index in [0.717, 1.165) is 92.2 Å². The second-order valence-corrected chi connectivity index (χ2v) is 13.7. The largest absolute Gasteiger partial charge is 0.506 e. The lowest BCUT2D eigenvalue weighted by Crippen LogP contribution is -2.65. The van der Waals surface area contributed by atoms with E-state index in [4.69, 9.17) is 4.98 Å². The number of benzene rings is 1. The van der Waals surface area contributed by atoms with Gasteiger partial charge in [-0.15, -0.1) is 0 Å². The molecule has 2 unspecified atom stereocenters. The smallest absolute Gasteiger partial charge is 0.139 e. The zero-order valence-corrected chi connectivity index (χ0v) is 24.6. The molecule has 6 heteroatoms. The zero-order chi connectivity index (χ0) is 28.3. The number of allylic oxidation sites excluding steroid dienone is 4. The molecule has 0 saturated carbocycles. The van der Waals surface area contributed by atoms with Crippen LogP contribution in [0.5, 0.6) is 5.75 Å². The molecule has 42 heavy (non-hydrogen) atoms. The molecule has 1 aliphatic carbocycles. The normalized spacial score (nSPS) is 37.0. The third-order valence-corrected chi connectivity index (χ3v) is 11.3. The minimum Gasteiger partial charge on any atom is -0.506 e. The van der Waals surface area contributed by atoms with Crippen LogP contribution in [0.15, 0.2) is 60.8 Å². The zero-order valence-electron chi connectivity index (χ0n) is 24.6. The Labute approximate surface area is 248 Å². The van der Waals surface area contributed by atoms with Gasteiger partial charge in [0.05, 0.1) is 28.4 Å². The van der Waals surface area contributed by atoms with Crippen LogP contribution in [0.4, 0.5) is 0 Å². The number of piperidine rings is 1. The van der Waals surface area contributed by atoms with E-state index in [1.165, 1.54) is 31.3 Å². The molecular formula is C36H44N4O2. The number of aromatic nitrogens is 2. The molecule has 1 aromatic carbocycles. The molecule has 6 atom stereocenters. The Morgan fingerprint density at radius 2 is 1.74 bits per heavy atom. The maximum atomic E-state index is 13.1. The quantitative estimate of drug-likeness (QED) is 0.292. The van der Waals surface area contributed by atoms with Crippen molar-refractivity contribution < 1.29 is 10.2 Å². The number of aliphatic hydroxyl groups is 1. The highest BCUT2D eigenvalue weighted by Gasteiger charge is 2.65. The van der Waals surface area contributed by atoms with Gasteiger partial charge in [-0.2, -0.15) is 0 Å². The molecule has 6 nitrogen and oxygen atoms in total. The molecule has 1 spiro atoms. The average Bonchev–Trinajstić information content (AvgIpc) is 3.50. The number of nitrogens with one attached hydrogen (secondary N) is 1. The maximum absolute atomic E-state index is 13.1. The van der Waals surface area contributed by atoms with Gasteiger partial charge in [0.1, 0.15) is 5.75 Å². The van der Waals surface area contributed by atoms with Gasteiger partial charge >= 0.3 is 0 Å². The highest BCUT2D eigenvalue weighted by Crippen LogP contribution is 2.61. The lowest BCUT2D eigenvalue weighted by atomic mass is 9.54. The third-order valence-electron chi connectivity index (χ3n) is 11.3. The molecular weight excluding hydrogens is 520 g/mol. The maximum Gasteiger partial charge on any atom is 0.139 e. The first-order chi connectivity index (χ1) is 20.6. The van der Waals surface area contributed by atoms with E-state index in [2.05, 4.69) is 57.3 Å². The number of hydrogen-bond donors (Lipinski definition) is 3. The summed E-state index contributed by atoms with van der Waals surface area (Å²) in [5.74, 6) is 0.581. The van der Waals surface area contributed by atoms with Crippen LogP contribution in [0.3, 0.4) is 0 Å². The van der Waals surface area contributed by atoms with E-state index >= 15 is 0 Å². The molecule has 3 bridgehead atoms. The summed E-state index contributed by atoms with van der Waals surface area (Å²) in [5, 5.41) is 25.9. The highest BCUT2D eigenvalue weighted by atomic mass is 16.3. The van der Waals surface area contributed by atoms with E-state index in [0.29, 0.717) is 12.0 Å². The van der Waals surface area contributed by atoms with E-state index in [1.54, 1.807) is 6.07 Å². The number of pyridine rings is 1. The number of nitrogens with zero attached hydrogens (tertiary/aromatic N) is 3. The number of rotatable bonds is 1. The molecule has 220 valence electrons. The number of hydrogen-bond acceptors (Lipinski definition) is 5. The van der Waals surface area contributed by atoms with Crippen LogP contribution < -0.4 is 0 Å². The van der Waals surface area contributed by atoms with Gasteiger partial charge in [-0.05, 0) is 114 Å². The van der Waals surface area contributed by atoms with Crippen LogP contribution in [-0.4, -0.2) is 73.8 Å². The van der Waals surface area contributed by atoms with Gasteiger partial charge in [-0.1, -0.05) is 36.4 Å². The van der Waals surface area contributed by atoms with Crippen molar-refractivity contribution >= 4 is 27.4 Å². The van der Waals surface area contributed by atoms with Gasteiger partial charge in [-0.25, -0.2) is 0 Å². The van der Waals surface area contributed by atoms with Gasteiger partial charge < -0.3 is 20.1 Å². The lowest BCUT2D eigenvalue weighted by Gasteiger charge is -2.58. The summed E-state index contributed by atoms with van der Waals surface area (Å²) in [4.78, 5) is 14.1. The predicted octanol–water partition coefficient (Wildman–Crippen LogP) is 6.56. The minimum absolute atomic E-state index is 0.0494. The Morgan fingerprint density at radius 1 is 0.905 bits per heavy atom. The van der Waals surface area contributed by atoms with Crippen LogP contribution in [0.2, 0.25) is 0 Å². The van der Waals surface area contributed by atoms with Crippen molar-refractivity contribution in [2.45, 2.75) is 81.9 Å². The van der Waals surface area contributed by atoms with Gasteiger partial charge in [0.25, 0.3) is 0 Å². The standard InChI is InChI=1S/C36H44N4O2/c41-30-14-11-13-26-27-15-18-37-32(33(27)38-31(26)30)28-23-36(42)17-8-4-1-2-5-9-19-39-21-16-29(28)35(24-39)22-25-12-7-3-6-10-20-40(25)34(35)36/h1,4,7,11-15,18,23,25,29,34,38,41-42H,2-3,5-6,8-10,16-17,19-22,24H2/b4-1-,12-7-/t25-,29?,34+,35-,36-/m0/s1. The lowest BCUT2D eigenvalue weighted by molar-refractivity contribution is -0.0894. The fourth-order valence-electron chi connectivity index (χ4n) is 9.64. The second kappa shape index (κ2) is 10.4. The molecule has 2 fully saturated rings. The van der Waals surface area contributed by atoms with Crippen LogP contribution in [-0.2, 0) is 0 Å². The van der Waals surface area contributed by atoms with Gasteiger partial charge in [-0.3, -0.25) is 9.88 Å². The van der Waals surface area contributed by atoms with Gasteiger partial charge in [0.2, 0.25) is 0 Å². The van der Waals surface area contributed by atoms with Crippen molar-refractivity contribution in [2.24, 2.45) is 11.3 Å². The molecule has 6 heterocycles. The second-order valence-electron chi connectivity index (χ2n) is 13.7. The van der Waals surface area contributed by atoms with E-state index in [1.807, 2.05) is 12.3 Å². The van der Waals surface area contributed by atoms with Crippen LogP contribution in [0.25, 0.3) is 27.4 Å². The average molecular weight is 565 g/mol. The molecule has 8 rings (SSSR count). The SMILES string of the molecule is Oc1cccc2c1[nH]c1c(C3=C[C@@]4(O)CC/C=C\CCCCN5CCC3[C@]3(C[C@@H]6/C=C\CCCCN6[C@H]34)C5)nccc12. The summed E-state index contributed by atoms with van der Waals surface area (Å²) in [7, 11) is 0. The molecule has 0 amide bonds. The van der Waals surface area contributed by atoms with Crippen LogP contribution in [0, 0.1) is 11.3 Å². The first kappa shape index (κ1) is 26.7. The van der Waals surface area contributed by atoms with Gasteiger partial charge in [0, 0.05) is 35.0 Å². The Kier molecular flexibility index (Phi) is 6.58. The number of para-hydroxylation sites is 1. The molecule has 2 aromatic heterocycles. The summed E-state index contributed by atoms with van der Waals surface area (Å²) in [5.41, 5.74) is 2.89. The number of phenolic OH excluding ortho intramolecular Hbond substituents is 1. The van der Waals surface area contributed by atoms with E-state index in [-0.39, 0.29) is 17.2 Å². The number of fused-ring (bicyclic) bond motifs is 5. The Morgan fingerprint density at radius 3 is 2.67 bits per heavy atom. The summed E-state index contributed by atoms with van der Waals surface area (Å²) in [6, 6.07) is 8.24. The number of H-pyrrole nitrogens is 1.